The summed E-state index contributed by atoms with van der Waals surface area (Å²) in [6.07, 6.45) is 0. The Bertz CT molecular complexity index is 556. The molecule has 0 bridgehead atoms. The smallest absolute Gasteiger partial charge is 0.243 e. The molecule has 0 atom stereocenters. The van der Waals surface area contributed by atoms with Crippen LogP contribution < -0.4 is 0 Å². The summed E-state index contributed by atoms with van der Waals surface area (Å²) < 4.78 is 44.7. The third-order valence-corrected chi connectivity index (χ3v) is 5.21. The van der Waals surface area contributed by atoms with Crippen LogP contribution >= 0.6 is 11.6 Å². The number of hydrogen-bond donors (Lipinski definition) is 0. The van der Waals surface area contributed by atoms with E-state index in [4.69, 9.17) is 16.3 Å². The van der Waals surface area contributed by atoms with E-state index >= 15 is 0 Å². The van der Waals surface area contributed by atoms with Gasteiger partial charge in [-0.2, -0.15) is 4.31 Å². The highest BCUT2D eigenvalue weighted by Gasteiger charge is 2.28. The second kappa shape index (κ2) is 5.13. The Morgan fingerprint density at radius 3 is 2.56 bits per heavy atom. The van der Waals surface area contributed by atoms with E-state index in [1.807, 2.05) is 0 Å². The molecule has 7 heteroatoms. The topological polar surface area (TPSA) is 46.6 Å². The number of ether oxygens (including phenoxy) is 1. The fourth-order valence-corrected chi connectivity index (χ4v) is 3.67. The minimum atomic E-state index is -3.68. The summed E-state index contributed by atoms with van der Waals surface area (Å²) in [6, 6.07) is 2.60. The van der Waals surface area contributed by atoms with Crippen molar-refractivity contribution in [1.82, 2.24) is 4.31 Å². The minimum absolute atomic E-state index is 0.0358. The number of nitrogens with zero attached hydrogens (tertiary/aromatic N) is 1. The fraction of sp³-hybridized carbons (Fsp3) is 0.455. The SMILES string of the molecule is Cc1c(S(=O)(=O)N2CCOCC2)ccc(Cl)c1F. The summed E-state index contributed by atoms with van der Waals surface area (Å²) in [5, 5.41) is -0.0755. The van der Waals surface area contributed by atoms with Gasteiger partial charge in [0.15, 0.2) is 0 Å². The van der Waals surface area contributed by atoms with Gasteiger partial charge < -0.3 is 4.74 Å². The van der Waals surface area contributed by atoms with Gasteiger partial charge in [-0.05, 0) is 19.1 Å². The van der Waals surface area contributed by atoms with Crippen molar-refractivity contribution in [3.8, 4) is 0 Å². The van der Waals surface area contributed by atoms with Crippen molar-refractivity contribution in [3.63, 3.8) is 0 Å². The molecule has 0 N–H and O–H groups in total. The van der Waals surface area contributed by atoms with Gasteiger partial charge in [0, 0.05) is 18.7 Å². The van der Waals surface area contributed by atoms with Gasteiger partial charge in [0.25, 0.3) is 0 Å². The predicted octanol–water partition coefficient (Wildman–Crippen LogP) is 1.81. The number of hydrogen-bond acceptors (Lipinski definition) is 3. The molecule has 2 rings (SSSR count). The molecule has 0 aliphatic carbocycles. The zero-order valence-electron chi connectivity index (χ0n) is 9.82. The first-order chi connectivity index (χ1) is 8.44. The van der Waals surface area contributed by atoms with E-state index < -0.39 is 15.8 Å². The zero-order chi connectivity index (χ0) is 13.3. The molecule has 1 heterocycles. The van der Waals surface area contributed by atoms with Crippen molar-refractivity contribution >= 4 is 21.6 Å². The van der Waals surface area contributed by atoms with Gasteiger partial charge in [0.1, 0.15) is 5.82 Å². The second-order valence-corrected chi connectivity index (χ2v) is 6.31. The monoisotopic (exact) mass is 293 g/mol. The first-order valence-electron chi connectivity index (χ1n) is 5.47. The van der Waals surface area contributed by atoms with E-state index in [0.29, 0.717) is 13.2 Å². The number of benzene rings is 1. The Balaban J connectivity index is 2.44. The third-order valence-electron chi connectivity index (χ3n) is 2.88. The maximum absolute atomic E-state index is 13.6. The summed E-state index contributed by atoms with van der Waals surface area (Å²) in [7, 11) is -3.68. The van der Waals surface area contributed by atoms with Crippen LogP contribution in [-0.4, -0.2) is 39.0 Å². The van der Waals surface area contributed by atoms with Crippen molar-refractivity contribution in [3.05, 3.63) is 28.5 Å². The van der Waals surface area contributed by atoms with Crippen LogP contribution in [0.3, 0.4) is 0 Å². The molecule has 0 aromatic heterocycles. The molecule has 1 aromatic rings. The molecule has 1 aromatic carbocycles. The molecule has 0 spiro atoms. The lowest BCUT2D eigenvalue weighted by molar-refractivity contribution is 0.0730. The van der Waals surface area contributed by atoms with Crippen LogP contribution in [0.25, 0.3) is 0 Å². The fourth-order valence-electron chi connectivity index (χ4n) is 1.84. The predicted molar refractivity (Wildman–Crippen MR) is 65.7 cm³/mol. The molecule has 1 fully saturated rings. The maximum Gasteiger partial charge on any atom is 0.243 e. The molecular formula is C11H13ClFNO3S. The number of halogens is 2. The number of morpholine rings is 1. The largest absolute Gasteiger partial charge is 0.379 e. The lowest BCUT2D eigenvalue weighted by atomic mass is 10.2. The molecule has 1 aliphatic heterocycles. The van der Waals surface area contributed by atoms with E-state index in [9.17, 15) is 12.8 Å². The Morgan fingerprint density at radius 1 is 1.33 bits per heavy atom. The van der Waals surface area contributed by atoms with E-state index in [0.717, 1.165) is 0 Å². The van der Waals surface area contributed by atoms with Crippen LogP contribution in [0.1, 0.15) is 5.56 Å². The van der Waals surface area contributed by atoms with E-state index in [2.05, 4.69) is 0 Å². The Hall–Kier alpha value is -0.690. The maximum atomic E-state index is 13.6. The summed E-state index contributed by atoms with van der Waals surface area (Å²) in [5.41, 5.74) is 0.0500. The van der Waals surface area contributed by atoms with Crippen molar-refractivity contribution in [2.75, 3.05) is 26.3 Å². The molecule has 18 heavy (non-hydrogen) atoms. The van der Waals surface area contributed by atoms with Gasteiger partial charge in [0.2, 0.25) is 10.0 Å². The van der Waals surface area contributed by atoms with E-state index in [1.165, 1.54) is 23.4 Å². The van der Waals surface area contributed by atoms with Crippen LogP contribution in [0.5, 0.6) is 0 Å². The van der Waals surface area contributed by atoms with Crippen molar-refractivity contribution in [2.45, 2.75) is 11.8 Å². The Labute approximate surface area is 110 Å². The van der Waals surface area contributed by atoms with Crippen molar-refractivity contribution in [1.29, 1.82) is 0 Å². The Kier molecular flexibility index (Phi) is 3.91. The third kappa shape index (κ3) is 2.38. The van der Waals surface area contributed by atoms with Gasteiger partial charge in [-0.15, -0.1) is 0 Å². The zero-order valence-corrected chi connectivity index (χ0v) is 11.4. The van der Waals surface area contributed by atoms with Gasteiger partial charge in [-0.3, -0.25) is 0 Å². The summed E-state index contributed by atoms with van der Waals surface area (Å²) in [6.45, 7) is 2.69. The molecule has 100 valence electrons. The van der Waals surface area contributed by atoms with E-state index in [-0.39, 0.29) is 28.6 Å². The van der Waals surface area contributed by atoms with Crippen LogP contribution in [0.15, 0.2) is 17.0 Å². The number of rotatable bonds is 2. The standard InChI is InChI=1S/C11H13ClFNO3S/c1-8-10(3-2-9(12)11(8)13)18(15,16)14-4-6-17-7-5-14/h2-3H,4-7H2,1H3. The summed E-state index contributed by atoms with van der Waals surface area (Å²) in [4.78, 5) is -0.0358. The van der Waals surface area contributed by atoms with Gasteiger partial charge in [-0.1, -0.05) is 11.6 Å². The average molecular weight is 294 g/mol. The van der Waals surface area contributed by atoms with Gasteiger partial charge >= 0.3 is 0 Å². The highest BCUT2D eigenvalue weighted by molar-refractivity contribution is 7.89. The first-order valence-corrected chi connectivity index (χ1v) is 7.29. The molecular weight excluding hydrogens is 281 g/mol. The molecule has 4 nitrogen and oxygen atoms in total. The van der Waals surface area contributed by atoms with Gasteiger partial charge in [0.05, 0.1) is 23.1 Å². The lowest BCUT2D eigenvalue weighted by Crippen LogP contribution is -2.40. The molecule has 1 aliphatic rings. The van der Waals surface area contributed by atoms with E-state index in [1.54, 1.807) is 0 Å². The quantitative estimate of drug-likeness (QED) is 0.835. The lowest BCUT2D eigenvalue weighted by Gasteiger charge is -2.26. The average Bonchev–Trinajstić information content (AvgIpc) is 2.37. The highest BCUT2D eigenvalue weighted by Crippen LogP contribution is 2.26. The molecule has 0 amide bonds. The van der Waals surface area contributed by atoms with Crippen LogP contribution in [-0.2, 0) is 14.8 Å². The van der Waals surface area contributed by atoms with Crippen molar-refractivity contribution < 1.29 is 17.5 Å². The highest BCUT2D eigenvalue weighted by atomic mass is 35.5. The molecule has 0 saturated carbocycles. The van der Waals surface area contributed by atoms with Crippen LogP contribution in [0.4, 0.5) is 4.39 Å². The molecule has 0 radical (unpaired) electrons. The van der Waals surface area contributed by atoms with Crippen molar-refractivity contribution in [2.24, 2.45) is 0 Å². The van der Waals surface area contributed by atoms with Gasteiger partial charge in [-0.25, -0.2) is 12.8 Å². The Morgan fingerprint density at radius 2 is 1.94 bits per heavy atom. The van der Waals surface area contributed by atoms with Crippen LogP contribution in [0, 0.1) is 12.7 Å². The summed E-state index contributed by atoms with van der Waals surface area (Å²) >= 11 is 5.62. The van der Waals surface area contributed by atoms with Crippen LogP contribution in [0.2, 0.25) is 5.02 Å². The molecule has 0 unspecified atom stereocenters. The summed E-state index contributed by atoms with van der Waals surface area (Å²) in [5.74, 6) is -0.689. The molecule has 1 saturated heterocycles. The normalized spacial score (nSPS) is 17.9. The number of sulfonamides is 1. The minimum Gasteiger partial charge on any atom is -0.379 e. The first kappa shape index (κ1) is 13.7. The second-order valence-electron chi connectivity index (χ2n) is 4.00.